The Bertz CT molecular complexity index is 922. The molecule has 2 aromatic rings. The third-order valence-electron chi connectivity index (χ3n) is 3.90. The van der Waals surface area contributed by atoms with Crippen molar-refractivity contribution in [3.63, 3.8) is 0 Å². The summed E-state index contributed by atoms with van der Waals surface area (Å²) in [5.41, 5.74) is 0.681. The van der Waals surface area contributed by atoms with Gasteiger partial charge in [0.1, 0.15) is 5.75 Å². The van der Waals surface area contributed by atoms with E-state index >= 15 is 0 Å². The first-order valence-electron chi connectivity index (χ1n) is 8.61. The van der Waals surface area contributed by atoms with Crippen LogP contribution in [0.15, 0.2) is 48.5 Å². The van der Waals surface area contributed by atoms with E-state index in [9.17, 15) is 22.8 Å². The van der Waals surface area contributed by atoms with Crippen LogP contribution in [0.25, 0.3) is 6.08 Å². The standard InChI is InChI=1S/C21H20F3NO4/c1-13-7-9-18(28-3)17(11-13)25-20(27)14(2)29-19(26)10-8-15-5-4-6-16(12-15)21(22,23)24/h4-12,14H,1-3H3,(H,25,27)/b10-8+. The van der Waals surface area contributed by atoms with Gasteiger partial charge < -0.3 is 14.8 Å². The monoisotopic (exact) mass is 407 g/mol. The number of benzene rings is 2. The summed E-state index contributed by atoms with van der Waals surface area (Å²) in [6, 6.07) is 9.71. The fraction of sp³-hybridized carbons (Fsp3) is 0.238. The largest absolute Gasteiger partial charge is 0.495 e. The van der Waals surface area contributed by atoms with Gasteiger partial charge in [-0.3, -0.25) is 4.79 Å². The Hall–Kier alpha value is -3.29. The fourth-order valence-electron chi connectivity index (χ4n) is 2.40. The molecular weight excluding hydrogens is 387 g/mol. The molecule has 2 rings (SSSR count). The number of rotatable bonds is 6. The van der Waals surface area contributed by atoms with Gasteiger partial charge in [0.05, 0.1) is 18.4 Å². The summed E-state index contributed by atoms with van der Waals surface area (Å²) in [6.07, 6.45) is -3.45. The summed E-state index contributed by atoms with van der Waals surface area (Å²) in [5, 5.41) is 2.62. The van der Waals surface area contributed by atoms with Gasteiger partial charge in [0.2, 0.25) is 0 Å². The first-order chi connectivity index (χ1) is 13.6. The van der Waals surface area contributed by atoms with E-state index < -0.39 is 29.7 Å². The first kappa shape index (κ1) is 22.0. The topological polar surface area (TPSA) is 64.6 Å². The molecular formula is C21H20F3NO4. The number of hydrogen-bond acceptors (Lipinski definition) is 4. The lowest BCUT2D eigenvalue weighted by atomic mass is 10.1. The van der Waals surface area contributed by atoms with Crippen LogP contribution in [0.5, 0.6) is 5.75 Å². The Morgan fingerprint density at radius 3 is 2.52 bits per heavy atom. The summed E-state index contributed by atoms with van der Waals surface area (Å²) < 4.78 is 48.3. The van der Waals surface area contributed by atoms with Crippen molar-refractivity contribution >= 4 is 23.6 Å². The molecule has 0 radical (unpaired) electrons. The molecule has 1 N–H and O–H groups in total. The van der Waals surface area contributed by atoms with E-state index in [2.05, 4.69) is 5.32 Å². The highest BCUT2D eigenvalue weighted by Crippen LogP contribution is 2.29. The van der Waals surface area contributed by atoms with Gasteiger partial charge >= 0.3 is 12.1 Å². The highest BCUT2D eigenvalue weighted by atomic mass is 19.4. The van der Waals surface area contributed by atoms with Gasteiger partial charge in [-0.1, -0.05) is 18.2 Å². The maximum atomic E-state index is 12.7. The molecule has 1 unspecified atom stereocenters. The lowest BCUT2D eigenvalue weighted by Crippen LogP contribution is -2.29. The molecule has 0 spiro atoms. The average molecular weight is 407 g/mol. The number of halogens is 3. The molecule has 0 aliphatic heterocycles. The molecule has 8 heteroatoms. The first-order valence-corrected chi connectivity index (χ1v) is 8.61. The molecule has 0 bridgehead atoms. The van der Waals surface area contributed by atoms with Crippen molar-refractivity contribution in [1.82, 2.24) is 0 Å². The number of carbonyl (C=O) groups excluding carboxylic acids is 2. The molecule has 1 amide bonds. The minimum Gasteiger partial charge on any atom is -0.495 e. The summed E-state index contributed by atoms with van der Waals surface area (Å²) >= 11 is 0. The van der Waals surface area contributed by atoms with Gasteiger partial charge in [0, 0.05) is 6.08 Å². The zero-order chi connectivity index (χ0) is 21.6. The number of amides is 1. The number of esters is 1. The second-order valence-corrected chi connectivity index (χ2v) is 6.23. The maximum absolute atomic E-state index is 12.7. The van der Waals surface area contributed by atoms with E-state index in [1.807, 2.05) is 13.0 Å². The second kappa shape index (κ2) is 9.27. The Kier molecular flexibility index (Phi) is 7.03. The molecule has 0 aliphatic rings. The van der Waals surface area contributed by atoms with Gasteiger partial charge in [-0.25, -0.2) is 4.79 Å². The summed E-state index contributed by atoms with van der Waals surface area (Å²) in [6.45, 7) is 3.23. The quantitative estimate of drug-likeness (QED) is 0.561. The van der Waals surface area contributed by atoms with Gasteiger partial charge in [-0.2, -0.15) is 13.2 Å². The predicted octanol–water partition coefficient (Wildman–Crippen LogP) is 4.61. The minimum atomic E-state index is -4.48. The van der Waals surface area contributed by atoms with E-state index in [1.54, 1.807) is 12.1 Å². The number of methoxy groups -OCH3 is 1. The highest BCUT2D eigenvalue weighted by molar-refractivity contribution is 5.97. The smallest absolute Gasteiger partial charge is 0.416 e. The average Bonchev–Trinajstić information content (AvgIpc) is 2.66. The Balaban J connectivity index is 1.99. The number of aryl methyl sites for hydroxylation is 1. The molecule has 1 atom stereocenters. The third-order valence-corrected chi connectivity index (χ3v) is 3.90. The number of nitrogens with one attached hydrogen (secondary N) is 1. The van der Waals surface area contributed by atoms with Crippen LogP contribution in [0.2, 0.25) is 0 Å². The molecule has 154 valence electrons. The van der Waals surface area contributed by atoms with Crippen LogP contribution < -0.4 is 10.1 Å². The molecule has 0 heterocycles. The van der Waals surface area contributed by atoms with Gasteiger partial charge in [-0.15, -0.1) is 0 Å². The normalized spacial score (nSPS) is 12.5. The third kappa shape index (κ3) is 6.38. The minimum absolute atomic E-state index is 0.179. The Morgan fingerprint density at radius 1 is 1.14 bits per heavy atom. The zero-order valence-corrected chi connectivity index (χ0v) is 16.0. The van der Waals surface area contributed by atoms with Crippen molar-refractivity contribution in [2.75, 3.05) is 12.4 Å². The maximum Gasteiger partial charge on any atom is 0.416 e. The van der Waals surface area contributed by atoms with Crippen LogP contribution in [0.3, 0.4) is 0 Å². The van der Waals surface area contributed by atoms with Crippen molar-refractivity contribution in [1.29, 1.82) is 0 Å². The van der Waals surface area contributed by atoms with Crippen LogP contribution >= 0.6 is 0 Å². The van der Waals surface area contributed by atoms with Crippen LogP contribution in [-0.4, -0.2) is 25.1 Å². The number of alkyl halides is 3. The Morgan fingerprint density at radius 2 is 1.86 bits per heavy atom. The second-order valence-electron chi connectivity index (χ2n) is 6.23. The number of anilines is 1. The van der Waals surface area contributed by atoms with Crippen LogP contribution in [0, 0.1) is 6.92 Å². The highest BCUT2D eigenvalue weighted by Gasteiger charge is 2.30. The predicted molar refractivity (Wildman–Crippen MR) is 102 cm³/mol. The number of hydrogen-bond donors (Lipinski definition) is 1. The lowest BCUT2D eigenvalue weighted by Gasteiger charge is -2.15. The molecule has 0 aliphatic carbocycles. The van der Waals surface area contributed by atoms with Crippen LogP contribution in [0.4, 0.5) is 18.9 Å². The fourth-order valence-corrected chi connectivity index (χ4v) is 2.40. The van der Waals surface area contributed by atoms with Crippen molar-refractivity contribution in [2.24, 2.45) is 0 Å². The van der Waals surface area contributed by atoms with Gasteiger partial charge in [-0.05, 0) is 55.3 Å². The summed E-state index contributed by atoms with van der Waals surface area (Å²) in [7, 11) is 1.46. The lowest BCUT2D eigenvalue weighted by molar-refractivity contribution is -0.148. The van der Waals surface area contributed by atoms with Crippen molar-refractivity contribution in [3.8, 4) is 5.75 Å². The molecule has 0 saturated heterocycles. The van der Waals surface area contributed by atoms with Crippen molar-refractivity contribution in [3.05, 3.63) is 65.2 Å². The number of carbonyl (C=O) groups is 2. The molecule has 5 nitrogen and oxygen atoms in total. The van der Waals surface area contributed by atoms with E-state index in [0.29, 0.717) is 11.4 Å². The molecule has 0 aromatic heterocycles. The van der Waals surface area contributed by atoms with Gasteiger partial charge in [0.15, 0.2) is 6.10 Å². The molecule has 0 saturated carbocycles. The van der Waals surface area contributed by atoms with Crippen molar-refractivity contribution in [2.45, 2.75) is 26.1 Å². The van der Waals surface area contributed by atoms with E-state index in [-0.39, 0.29) is 5.56 Å². The molecule has 0 fully saturated rings. The molecule has 2 aromatic carbocycles. The number of ether oxygens (including phenoxy) is 2. The van der Waals surface area contributed by atoms with Crippen LogP contribution in [-0.2, 0) is 20.5 Å². The van der Waals surface area contributed by atoms with E-state index in [4.69, 9.17) is 9.47 Å². The SMILES string of the molecule is COc1ccc(C)cc1NC(=O)C(C)OC(=O)/C=C/c1cccc(C(F)(F)F)c1. The summed E-state index contributed by atoms with van der Waals surface area (Å²) in [5.74, 6) is -0.983. The van der Waals surface area contributed by atoms with E-state index in [1.165, 1.54) is 32.2 Å². The zero-order valence-electron chi connectivity index (χ0n) is 16.0. The van der Waals surface area contributed by atoms with E-state index in [0.717, 1.165) is 23.8 Å². The van der Waals surface area contributed by atoms with Crippen molar-refractivity contribution < 1.29 is 32.2 Å². The molecule has 29 heavy (non-hydrogen) atoms. The summed E-state index contributed by atoms with van der Waals surface area (Å²) in [4.78, 5) is 24.2. The van der Waals surface area contributed by atoms with Crippen LogP contribution in [0.1, 0.15) is 23.6 Å². The Labute approximate surface area is 166 Å². The van der Waals surface area contributed by atoms with Gasteiger partial charge in [0.25, 0.3) is 5.91 Å².